The number of rotatable bonds is 4. The van der Waals surface area contributed by atoms with Gasteiger partial charge in [-0.15, -0.1) is 6.58 Å². The molecule has 0 aromatic heterocycles. The molecule has 0 radical (unpaired) electrons. The number of benzene rings is 1. The minimum atomic E-state index is -0.219. The Morgan fingerprint density at radius 3 is 2.46 bits per heavy atom. The van der Waals surface area contributed by atoms with Crippen molar-refractivity contribution in [2.75, 3.05) is 0 Å². The van der Waals surface area contributed by atoms with Crippen LogP contribution in [0, 0.1) is 0 Å². The molecule has 0 bridgehead atoms. The summed E-state index contributed by atoms with van der Waals surface area (Å²) in [5.41, 5.74) is 0.917. The normalized spacial score (nSPS) is 14.5. The van der Waals surface area contributed by atoms with Crippen molar-refractivity contribution >= 4 is 6.29 Å². The summed E-state index contributed by atoms with van der Waals surface area (Å²) in [5, 5.41) is 0. The van der Waals surface area contributed by atoms with Crippen molar-refractivity contribution < 1.29 is 4.79 Å². The summed E-state index contributed by atoms with van der Waals surface area (Å²) in [6.07, 6.45) is 3.26. The molecule has 0 spiro atoms. The van der Waals surface area contributed by atoms with Gasteiger partial charge >= 0.3 is 0 Å². The van der Waals surface area contributed by atoms with Gasteiger partial charge in [0, 0.05) is 11.8 Å². The van der Waals surface area contributed by atoms with Gasteiger partial charge in [-0.25, -0.2) is 0 Å². The summed E-state index contributed by atoms with van der Waals surface area (Å²) >= 11 is 0. The van der Waals surface area contributed by atoms with E-state index in [1.54, 1.807) is 0 Å². The molecule has 0 saturated heterocycles. The summed E-state index contributed by atoms with van der Waals surface area (Å²) < 4.78 is 0. The van der Waals surface area contributed by atoms with E-state index in [-0.39, 0.29) is 5.41 Å². The molecule has 1 aromatic carbocycles. The number of hydrogen-bond donors (Lipinski definition) is 0. The highest BCUT2D eigenvalue weighted by molar-refractivity contribution is 5.54. The molecule has 1 nitrogen and oxygen atoms in total. The van der Waals surface area contributed by atoms with Gasteiger partial charge in [0.2, 0.25) is 0 Å². The van der Waals surface area contributed by atoms with Gasteiger partial charge in [-0.2, -0.15) is 0 Å². The Bertz CT molecular complexity index is 289. The summed E-state index contributed by atoms with van der Waals surface area (Å²) in [4.78, 5) is 10.5. The lowest BCUT2D eigenvalue weighted by molar-refractivity contribution is -0.108. The molecule has 0 heterocycles. The van der Waals surface area contributed by atoms with Crippen molar-refractivity contribution in [3.8, 4) is 0 Å². The maximum atomic E-state index is 10.5. The van der Waals surface area contributed by atoms with Gasteiger partial charge in [0.15, 0.2) is 0 Å². The summed E-state index contributed by atoms with van der Waals surface area (Å²) in [5.74, 6) is 0. The minimum Gasteiger partial charge on any atom is -0.303 e. The zero-order chi connectivity index (χ0) is 9.73. The van der Waals surface area contributed by atoms with Crippen LogP contribution in [0.2, 0.25) is 0 Å². The molecule has 0 saturated carbocycles. The zero-order valence-electron chi connectivity index (χ0n) is 7.86. The first kappa shape index (κ1) is 9.72. The maximum absolute atomic E-state index is 10.5. The molecule has 1 heteroatoms. The molecule has 0 aliphatic rings. The molecule has 13 heavy (non-hydrogen) atoms. The van der Waals surface area contributed by atoms with Gasteiger partial charge in [-0.1, -0.05) is 43.3 Å². The Balaban J connectivity index is 3.02. The fraction of sp³-hybridized carbons (Fsp3) is 0.250. The third-order valence-corrected chi connectivity index (χ3v) is 2.39. The lowest BCUT2D eigenvalue weighted by Crippen LogP contribution is -2.18. The Morgan fingerprint density at radius 1 is 1.38 bits per heavy atom. The second-order valence-corrected chi connectivity index (χ2v) is 3.36. The number of aldehydes is 1. The van der Waals surface area contributed by atoms with E-state index in [0.29, 0.717) is 6.42 Å². The maximum Gasteiger partial charge on any atom is 0.121 e. The Kier molecular flexibility index (Phi) is 3.02. The third kappa shape index (κ3) is 2.05. The van der Waals surface area contributed by atoms with E-state index >= 15 is 0 Å². The van der Waals surface area contributed by atoms with E-state index in [1.165, 1.54) is 0 Å². The van der Waals surface area contributed by atoms with Crippen LogP contribution in [0.25, 0.3) is 0 Å². The van der Waals surface area contributed by atoms with Crippen molar-refractivity contribution in [1.82, 2.24) is 0 Å². The Hall–Kier alpha value is -1.37. The van der Waals surface area contributed by atoms with E-state index in [0.717, 1.165) is 11.8 Å². The van der Waals surface area contributed by atoms with Crippen LogP contribution >= 0.6 is 0 Å². The lowest BCUT2D eigenvalue weighted by atomic mass is 9.80. The van der Waals surface area contributed by atoms with Crippen LogP contribution in [0.5, 0.6) is 0 Å². The van der Waals surface area contributed by atoms with Crippen LogP contribution in [0.1, 0.15) is 18.9 Å². The summed E-state index contributed by atoms with van der Waals surface area (Å²) in [6.45, 7) is 5.79. The zero-order valence-corrected chi connectivity index (χ0v) is 7.86. The molecule has 0 unspecified atom stereocenters. The van der Waals surface area contributed by atoms with E-state index in [1.807, 2.05) is 43.3 Å². The Labute approximate surface area is 79.1 Å². The van der Waals surface area contributed by atoms with Crippen molar-refractivity contribution in [3.63, 3.8) is 0 Å². The van der Waals surface area contributed by atoms with Crippen molar-refractivity contribution in [2.24, 2.45) is 0 Å². The van der Waals surface area contributed by atoms with Crippen molar-refractivity contribution in [1.29, 1.82) is 0 Å². The average Bonchev–Trinajstić information content (AvgIpc) is 2.19. The fourth-order valence-electron chi connectivity index (χ4n) is 1.31. The Morgan fingerprint density at radius 2 is 2.00 bits per heavy atom. The highest BCUT2D eigenvalue weighted by Gasteiger charge is 2.21. The van der Waals surface area contributed by atoms with Crippen molar-refractivity contribution in [2.45, 2.75) is 18.8 Å². The van der Waals surface area contributed by atoms with Crippen LogP contribution < -0.4 is 0 Å². The van der Waals surface area contributed by atoms with Gasteiger partial charge in [-0.3, -0.25) is 0 Å². The molecule has 0 N–H and O–H groups in total. The van der Waals surface area contributed by atoms with Gasteiger partial charge in [0.05, 0.1) is 0 Å². The van der Waals surface area contributed by atoms with Gasteiger partial charge in [-0.05, 0) is 5.56 Å². The molecule has 68 valence electrons. The van der Waals surface area contributed by atoms with Gasteiger partial charge < -0.3 is 4.79 Å². The molecule has 0 aliphatic heterocycles. The predicted molar refractivity (Wildman–Crippen MR) is 54.7 cm³/mol. The van der Waals surface area contributed by atoms with Crippen LogP contribution in [0.4, 0.5) is 0 Å². The SMILES string of the molecule is C=C[C@](C)(CC=O)c1ccccc1. The molecule has 1 rings (SSSR count). The van der Waals surface area contributed by atoms with Crippen LogP contribution in [0.3, 0.4) is 0 Å². The largest absolute Gasteiger partial charge is 0.303 e. The molecule has 0 aliphatic carbocycles. The topological polar surface area (TPSA) is 17.1 Å². The van der Waals surface area contributed by atoms with Crippen molar-refractivity contribution in [3.05, 3.63) is 48.6 Å². The van der Waals surface area contributed by atoms with E-state index in [4.69, 9.17) is 0 Å². The van der Waals surface area contributed by atoms with Crippen LogP contribution in [-0.4, -0.2) is 6.29 Å². The monoisotopic (exact) mass is 174 g/mol. The second kappa shape index (κ2) is 4.04. The van der Waals surface area contributed by atoms with E-state index < -0.39 is 0 Å². The summed E-state index contributed by atoms with van der Waals surface area (Å²) in [7, 11) is 0. The molecule has 0 fully saturated rings. The van der Waals surface area contributed by atoms with E-state index in [9.17, 15) is 4.79 Å². The smallest absolute Gasteiger partial charge is 0.121 e. The molecular weight excluding hydrogens is 160 g/mol. The van der Waals surface area contributed by atoms with Crippen LogP contribution in [-0.2, 0) is 10.2 Å². The highest BCUT2D eigenvalue weighted by Crippen LogP contribution is 2.27. The van der Waals surface area contributed by atoms with Gasteiger partial charge in [0.1, 0.15) is 6.29 Å². The first-order chi connectivity index (χ1) is 6.23. The number of hydrogen-bond acceptors (Lipinski definition) is 1. The predicted octanol–water partition coefficient (Wildman–Crippen LogP) is 2.72. The van der Waals surface area contributed by atoms with Crippen LogP contribution in [0.15, 0.2) is 43.0 Å². The first-order valence-electron chi connectivity index (χ1n) is 4.36. The minimum absolute atomic E-state index is 0.219. The quantitative estimate of drug-likeness (QED) is 0.506. The summed E-state index contributed by atoms with van der Waals surface area (Å²) in [6, 6.07) is 9.95. The first-order valence-corrected chi connectivity index (χ1v) is 4.36. The standard InChI is InChI=1S/C12H14O/c1-3-12(2,9-10-13)11-7-5-4-6-8-11/h3-8,10H,1,9H2,2H3/t12-/m1/s1. The molecular formula is C12H14O. The third-order valence-electron chi connectivity index (χ3n) is 2.39. The number of carbonyl (C=O) groups is 1. The van der Waals surface area contributed by atoms with Gasteiger partial charge in [0.25, 0.3) is 0 Å². The fourth-order valence-corrected chi connectivity index (χ4v) is 1.31. The van der Waals surface area contributed by atoms with E-state index in [2.05, 4.69) is 6.58 Å². The number of carbonyl (C=O) groups excluding carboxylic acids is 1. The number of allylic oxidation sites excluding steroid dienone is 1. The molecule has 0 amide bonds. The molecule has 1 aromatic rings. The highest BCUT2D eigenvalue weighted by atomic mass is 16.1. The molecule has 1 atom stereocenters. The lowest BCUT2D eigenvalue weighted by Gasteiger charge is -2.23. The second-order valence-electron chi connectivity index (χ2n) is 3.36. The average molecular weight is 174 g/mol.